The normalized spacial score (nSPS) is 11.4. The van der Waals surface area contributed by atoms with E-state index in [2.05, 4.69) is 21.2 Å². The summed E-state index contributed by atoms with van der Waals surface area (Å²) in [7, 11) is 0. The van der Waals surface area contributed by atoms with Gasteiger partial charge in [-0.3, -0.25) is 4.79 Å². The van der Waals surface area contributed by atoms with Gasteiger partial charge in [0, 0.05) is 11.0 Å². The second-order valence-electron chi connectivity index (χ2n) is 4.60. The van der Waals surface area contributed by atoms with E-state index in [1.807, 2.05) is 32.9 Å². The Balaban J connectivity index is 2.71. The molecular weight excluding hydrogens is 294 g/mol. The van der Waals surface area contributed by atoms with Crippen LogP contribution in [-0.4, -0.2) is 23.2 Å². The molecule has 0 heterocycles. The minimum atomic E-state index is -0.813. The van der Waals surface area contributed by atoms with Crippen molar-refractivity contribution in [3.63, 3.8) is 0 Å². The topological polar surface area (TPSA) is 49.3 Å². The number of amides is 1. The van der Waals surface area contributed by atoms with Crippen LogP contribution in [0.4, 0.5) is 0 Å². The molecule has 0 fully saturated rings. The van der Waals surface area contributed by atoms with Crippen LogP contribution in [0.3, 0.4) is 0 Å². The van der Waals surface area contributed by atoms with E-state index in [9.17, 15) is 9.90 Å². The zero-order valence-electron chi connectivity index (χ0n) is 11.1. The lowest BCUT2D eigenvalue weighted by molar-refractivity contribution is 0.0314. The average Bonchev–Trinajstić information content (AvgIpc) is 2.35. The summed E-state index contributed by atoms with van der Waals surface area (Å²) in [5.74, 6) is -0.165. The Morgan fingerprint density at radius 3 is 2.50 bits per heavy atom. The first-order chi connectivity index (χ1) is 8.41. The smallest absolute Gasteiger partial charge is 0.252 e. The molecule has 0 aliphatic heterocycles. The molecule has 0 aliphatic rings. The highest BCUT2D eigenvalue weighted by Gasteiger charge is 2.23. The van der Waals surface area contributed by atoms with Gasteiger partial charge in [0.05, 0.1) is 11.2 Å². The van der Waals surface area contributed by atoms with Crippen molar-refractivity contribution >= 4 is 21.8 Å². The van der Waals surface area contributed by atoms with E-state index in [-0.39, 0.29) is 12.5 Å². The summed E-state index contributed by atoms with van der Waals surface area (Å²) in [6.45, 7) is 6.08. The number of nitrogens with one attached hydrogen (secondary N) is 1. The fourth-order valence-corrected chi connectivity index (χ4v) is 2.32. The molecule has 0 unspecified atom stereocenters. The van der Waals surface area contributed by atoms with E-state index < -0.39 is 5.60 Å². The Bertz CT molecular complexity index is 428. The summed E-state index contributed by atoms with van der Waals surface area (Å²) in [6.07, 6.45) is 1.25. The van der Waals surface area contributed by atoms with Crippen LogP contribution in [0, 0.1) is 6.92 Å². The molecule has 18 heavy (non-hydrogen) atoms. The zero-order chi connectivity index (χ0) is 13.8. The number of hydrogen-bond acceptors (Lipinski definition) is 2. The largest absolute Gasteiger partial charge is 0.388 e. The van der Waals surface area contributed by atoms with Crippen molar-refractivity contribution in [1.29, 1.82) is 0 Å². The Morgan fingerprint density at radius 1 is 1.39 bits per heavy atom. The molecule has 0 bridgehead atoms. The van der Waals surface area contributed by atoms with Gasteiger partial charge in [-0.2, -0.15) is 0 Å². The van der Waals surface area contributed by atoms with Crippen LogP contribution in [0.15, 0.2) is 22.7 Å². The number of carbonyl (C=O) groups excluding carboxylic acids is 1. The average molecular weight is 314 g/mol. The number of aryl methyl sites for hydroxylation is 1. The maximum absolute atomic E-state index is 12.0. The van der Waals surface area contributed by atoms with Crippen molar-refractivity contribution in [1.82, 2.24) is 5.32 Å². The number of hydrogen-bond donors (Lipinski definition) is 2. The fourth-order valence-electron chi connectivity index (χ4n) is 1.64. The SMILES string of the molecule is CCC(O)(CC)CNC(=O)c1ccc(C)cc1Br. The number of carbonyl (C=O) groups is 1. The Morgan fingerprint density at radius 2 is 2.00 bits per heavy atom. The van der Waals surface area contributed by atoms with Crippen LogP contribution < -0.4 is 5.32 Å². The summed E-state index contributed by atoms with van der Waals surface area (Å²) >= 11 is 3.38. The van der Waals surface area contributed by atoms with Crippen molar-refractivity contribution in [3.05, 3.63) is 33.8 Å². The molecule has 1 rings (SSSR count). The molecule has 3 nitrogen and oxygen atoms in total. The molecule has 0 spiro atoms. The van der Waals surface area contributed by atoms with E-state index in [0.29, 0.717) is 18.4 Å². The van der Waals surface area contributed by atoms with Gasteiger partial charge in [0.25, 0.3) is 5.91 Å². The highest BCUT2D eigenvalue weighted by molar-refractivity contribution is 9.10. The molecule has 100 valence electrons. The molecule has 0 aromatic heterocycles. The van der Waals surface area contributed by atoms with Gasteiger partial charge < -0.3 is 10.4 Å². The first kappa shape index (κ1) is 15.2. The lowest BCUT2D eigenvalue weighted by Crippen LogP contribution is -2.42. The zero-order valence-corrected chi connectivity index (χ0v) is 12.7. The van der Waals surface area contributed by atoms with E-state index in [1.165, 1.54) is 0 Å². The van der Waals surface area contributed by atoms with Crippen molar-refractivity contribution < 1.29 is 9.90 Å². The highest BCUT2D eigenvalue weighted by Crippen LogP contribution is 2.19. The van der Waals surface area contributed by atoms with Gasteiger partial charge in [0.2, 0.25) is 0 Å². The van der Waals surface area contributed by atoms with Crippen molar-refractivity contribution in [3.8, 4) is 0 Å². The number of benzene rings is 1. The molecule has 0 saturated heterocycles. The second-order valence-corrected chi connectivity index (χ2v) is 5.45. The fraction of sp³-hybridized carbons (Fsp3) is 0.500. The monoisotopic (exact) mass is 313 g/mol. The Kier molecular flexibility index (Phi) is 5.35. The standard InChI is InChI=1S/C14H20BrNO2/c1-4-14(18,5-2)9-16-13(17)11-7-6-10(3)8-12(11)15/h6-8,18H,4-5,9H2,1-3H3,(H,16,17). The van der Waals surface area contributed by atoms with Gasteiger partial charge in [0.1, 0.15) is 0 Å². The number of halogens is 1. The maximum Gasteiger partial charge on any atom is 0.252 e. The molecular formula is C14H20BrNO2. The lowest BCUT2D eigenvalue weighted by atomic mass is 9.97. The first-order valence-corrected chi connectivity index (χ1v) is 6.98. The molecule has 1 aromatic rings. The molecule has 2 N–H and O–H groups in total. The van der Waals surface area contributed by atoms with E-state index >= 15 is 0 Å². The van der Waals surface area contributed by atoms with Crippen molar-refractivity contribution in [2.24, 2.45) is 0 Å². The summed E-state index contributed by atoms with van der Waals surface area (Å²) < 4.78 is 0.775. The summed E-state index contributed by atoms with van der Waals surface area (Å²) in [5, 5.41) is 12.9. The highest BCUT2D eigenvalue weighted by atomic mass is 79.9. The van der Waals surface area contributed by atoms with Gasteiger partial charge in [-0.05, 0) is 53.4 Å². The minimum absolute atomic E-state index is 0.165. The van der Waals surface area contributed by atoms with Crippen LogP contribution in [-0.2, 0) is 0 Å². The molecule has 0 aliphatic carbocycles. The van der Waals surface area contributed by atoms with Gasteiger partial charge in [0.15, 0.2) is 0 Å². The Hall–Kier alpha value is -0.870. The van der Waals surface area contributed by atoms with Crippen LogP contribution in [0.25, 0.3) is 0 Å². The molecule has 0 saturated carbocycles. The summed E-state index contributed by atoms with van der Waals surface area (Å²) in [5.41, 5.74) is 0.875. The first-order valence-electron chi connectivity index (χ1n) is 6.18. The third-order valence-electron chi connectivity index (χ3n) is 3.26. The van der Waals surface area contributed by atoms with Crippen LogP contribution in [0.5, 0.6) is 0 Å². The summed E-state index contributed by atoms with van der Waals surface area (Å²) in [6, 6.07) is 5.58. The molecule has 1 aromatic carbocycles. The predicted molar refractivity (Wildman–Crippen MR) is 76.7 cm³/mol. The van der Waals surface area contributed by atoms with Gasteiger partial charge >= 0.3 is 0 Å². The van der Waals surface area contributed by atoms with Crippen LogP contribution >= 0.6 is 15.9 Å². The van der Waals surface area contributed by atoms with Crippen LogP contribution in [0.1, 0.15) is 42.6 Å². The van der Waals surface area contributed by atoms with Gasteiger partial charge in [-0.25, -0.2) is 0 Å². The number of rotatable bonds is 5. The van der Waals surface area contributed by atoms with E-state index in [4.69, 9.17) is 0 Å². The van der Waals surface area contributed by atoms with Crippen molar-refractivity contribution in [2.75, 3.05) is 6.54 Å². The van der Waals surface area contributed by atoms with Gasteiger partial charge in [-0.1, -0.05) is 19.9 Å². The van der Waals surface area contributed by atoms with Crippen LogP contribution in [0.2, 0.25) is 0 Å². The third-order valence-corrected chi connectivity index (χ3v) is 3.92. The van der Waals surface area contributed by atoms with E-state index in [0.717, 1.165) is 10.0 Å². The van der Waals surface area contributed by atoms with Gasteiger partial charge in [-0.15, -0.1) is 0 Å². The lowest BCUT2D eigenvalue weighted by Gasteiger charge is -2.25. The second kappa shape index (κ2) is 6.34. The Labute approximate surface area is 117 Å². The molecule has 0 radical (unpaired) electrons. The molecule has 1 amide bonds. The molecule has 0 atom stereocenters. The predicted octanol–water partition coefficient (Wildman–Crippen LogP) is 3.04. The van der Waals surface area contributed by atoms with E-state index in [1.54, 1.807) is 6.07 Å². The summed E-state index contributed by atoms with van der Waals surface area (Å²) in [4.78, 5) is 12.0. The maximum atomic E-state index is 12.0. The third kappa shape index (κ3) is 3.82. The number of aliphatic hydroxyl groups is 1. The molecule has 4 heteroatoms. The minimum Gasteiger partial charge on any atom is -0.388 e. The quantitative estimate of drug-likeness (QED) is 0.877. The van der Waals surface area contributed by atoms with Crippen molar-refractivity contribution in [2.45, 2.75) is 39.2 Å².